The molecule has 0 radical (unpaired) electrons. The van der Waals surface area contributed by atoms with Gasteiger partial charge in [0.1, 0.15) is 6.07 Å². The summed E-state index contributed by atoms with van der Waals surface area (Å²) in [5.41, 5.74) is 5.10. The highest BCUT2D eigenvalue weighted by atomic mass is 35.5. The first kappa shape index (κ1) is 38.8. The number of hydrogen-bond acceptors (Lipinski definition) is 9. The lowest BCUT2D eigenvalue weighted by atomic mass is 9.80. The lowest BCUT2D eigenvalue weighted by molar-refractivity contribution is -0.148. The number of rotatable bonds is 11. The van der Waals surface area contributed by atoms with Crippen molar-refractivity contribution in [1.29, 1.82) is 5.26 Å². The van der Waals surface area contributed by atoms with Crippen LogP contribution < -0.4 is 10.6 Å². The molecule has 2 amide bonds. The highest BCUT2D eigenvalue weighted by Crippen LogP contribution is 2.63. The summed E-state index contributed by atoms with van der Waals surface area (Å²) in [4.78, 5) is 53.2. The first-order valence-corrected chi connectivity index (χ1v) is 20.1. The number of β-amino-alcohol motifs (C(OH)–C–C–N with tert-alkyl or cyclic N) is 1. The van der Waals surface area contributed by atoms with Crippen molar-refractivity contribution in [3.05, 3.63) is 81.4 Å². The molecule has 2 saturated carbocycles. The van der Waals surface area contributed by atoms with Crippen LogP contribution in [0.5, 0.6) is 0 Å². The van der Waals surface area contributed by atoms with Crippen LogP contribution in [0.2, 0.25) is 5.02 Å². The van der Waals surface area contributed by atoms with Crippen molar-refractivity contribution in [3.63, 3.8) is 0 Å². The minimum Gasteiger partial charge on any atom is -0.481 e. The zero-order chi connectivity index (χ0) is 40.2. The van der Waals surface area contributed by atoms with Crippen LogP contribution in [0.15, 0.2) is 36.4 Å². The molecule has 4 aromatic rings. The summed E-state index contributed by atoms with van der Waals surface area (Å²) in [6.07, 6.45) is 6.27. The zero-order valence-corrected chi connectivity index (χ0v) is 33.3. The molecular formula is C42H48ClN9O5. The molecule has 4 aliphatic rings. The summed E-state index contributed by atoms with van der Waals surface area (Å²) < 4.78 is 3.63. The molecule has 4 N–H and O–H groups in total. The number of halogens is 1. The van der Waals surface area contributed by atoms with Crippen molar-refractivity contribution in [2.75, 3.05) is 36.8 Å². The third-order valence-corrected chi connectivity index (χ3v) is 13.4. The Morgan fingerprint density at radius 2 is 1.44 bits per heavy atom. The molecule has 0 spiro atoms. The Morgan fingerprint density at radius 1 is 0.877 bits per heavy atom. The number of aromatic nitrogens is 4. The van der Waals surface area contributed by atoms with Crippen molar-refractivity contribution in [1.82, 2.24) is 28.9 Å². The smallest absolute Gasteiger partial charge is 0.309 e. The Bertz CT molecular complexity index is 2320. The molecule has 14 nitrogen and oxygen atoms in total. The highest BCUT2D eigenvalue weighted by Gasteiger charge is 2.57. The van der Waals surface area contributed by atoms with Crippen molar-refractivity contribution in [2.24, 2.45) is 24.9 Å². The Labute approximate surface area is 336 Å². The number of imidazole rings is 2. The number of carboxylic acids is 1. The summed E-state index contributed by atoms with van der Waals surface area (Å²) in [6.45, 7) is 5.90. The van der Waals surface area contributed by atoms with Crippen LogP contribution in [-0.4, -0.2) is 89.2 Å². The first-order valence-electron chi connectivity index (χ1n) is 19.7. The van der Waals surface area contributed by atoms with E-state index in [1.165, 1.54) is 0 Å². The second-order valence-electron chi connectivity index (χ2n) is 16.6. The second-order valence-corrected chi connectivity index (χ2v) is 16.9. The molecule has 1 atom stereocenters. The third kappa shape index (κ3) is 7.11. The van der Waals surface area contributed by atoms with E-state index in [9.17, 15) is 29.9 Å². The number of anilines is 2. The van der Waals surface area contributed by atoms with Gasteiger partial charge in [-0.05, 0) is 69.5 Å². The first-order chi connectivity index (χ1) is 27.3. The molecule has 2 fully saturated rings. The van der Waals surface area contributed by atoms with Crippen molar-refractivity contribution in [3.8, 4) is 17.2 Å². The van der Waals surface area contributed by atoms with Crippen LogP contribution in [-0.2, 0) is 44.8 Å². The van der Waals surface area contributed by atoms with E-state index < -0.39 is 29.3 Å². The normalized spacial score (nSPS) is 22.1. The van der Waals surface area contributed by atoms with Gasteiger partial charge in [0.2, 0.25) is 0 Å². The van der Waals surface area contributed by atoms with E-state index in [0.29, 0.717) is 48.6 Å². The van der Waals surface area contributed by atoms with E-state index >= 15 is 0 Å². The predicted molar refractivity (Wildman–Crippen MR) is 214 cm³/mol. The number of nitrogens with zero attached hydrogens (tertiary/aromatic N) is 7. The predicted octanol–water partition coefficient (Wildman–Crippen LogP) is 5.37. The molecule has 2 aliphatic carbocycles. The third-order valence-electron chi connectivity index (χ3n) is 13.0. The molecule has 2 bridgehead atoms. The lowest BCUT2D eigenvalue weighted by Crippen LogP contribution is -2.36. The maximum absolute atomic E-state index is 13.8. The number of carboxylic acid groups (broad SMARTS) is 1. The van der Waals surface area contributed by atoms with Gasteiger partial charge in [0.15, 0.2) is 11.6 Å². The quantitative estimate of drug-likeness (QED) is 0.154. The maximum atomic E-state index is 13.8. The molecule has 2 aliphatic heterocycles. The summed E-state index contributed by atoms with van der Waals surface area (Å²) in [6, 6.07) is 12.6. The number of carbonyl (C=O) groups excluding carboxylic acids is 2. The van der Waals surface area contributed by atoms with Crippen LogP contribution in [0.25, 0.3) is 11.1 Å². The molecule has 298 valence electrons. The van der Waals surface area contributed by atoms with Gasteiger partial charge < -0.3 is 30.0 Å². The fourth-order valence-corrected chi connectivity index (χ4v) is 10.1. The Morgan fingerprint density at radius 3 is 2.02 bits per heavy atom. The van der Waals surface area contributed by atoms with Crippen LogP contribution in [0.4, 0.5) is 11.4 Å². The number of benzene rings is 2. The molecule has 57 heavy (non-hydrogen) atoms. The van der Waals surface area contributed by atoms with Crippen LogP contribution >= 0.6 is 11.6 Å². The van der Waals surface area contributed by atoms with Gasteiger partial charge in [0, 0.05) is 82.2 Å². The van der Waals surface area contributed by atoms with E-state index in [4.69, 9.17) is 16.6 Å². The van der Waals surface area contributed by atoms with Crippen LogP contribution in [0.3, 0.4) is 0 Å². The average Bonchev–Trinajstić information content (AvgIpc) is 3.94. The van der Waals surface area contributed by atoms with Gasteiger partial charge in [-0.3, -0.25) is 24.2 Å². The number of aliphatic hydroxyl groups is 1. The number of aliphatic carboxylic acids is 1. The standard InChI is InChI=1S/C42H48ClN9O5/c1-25(53)21-52-18-11-34-32(23-52)46-36(50(34)3)38(54)47-29-8-4-6-26(28(29)20-44)27-7-5-9-30(35(27)43)48-39(55)37-45-31-22-51(17-10-33(31)49(37)2)19-16-41-12-14-42(24-41,15-13-41)40(56)57/h4-9,25,53H,10-19,21-24H2,1-3H3,(H,47,54)(H,48,55)(H,56,57)/t25-,41?,42?/m1/s1. The number of amides is 2. The summed E-state index contributed by atoms with van der Waals surface area (Å²) in [5, 5.41) is 36.1. The van der Waals surface area contributed by atoms with Crippen molar-refractivity contribution >= 4 is 40.8 Å². The van der Waals surface area contributed by atoms with E-state index in [-0.39, 0.29) is 27.6 Å². The molecule has 2 aromatic carbocycles. The van der Waals surface area contributed by atoms with Crippen LogP contribution in [0, 0.1) is 22.2 Å². The lowest BCUT2D eigenvalue weighted by Gasteiger charge is -2.32. The molecule has 4 heterocycles. The zero-order valence-electron chi connectivity index (χ0n) is 32.6. The van der Waals surface area contributed by atoms with Gasteiger partial charge in [-0.15, -0.1) is 0 Å². The highest BCUT2D eigenvalue weighted by molar-refractivity contribution is 6.36. The molecule has 0 saturated heterocycles. The van der Waals surface area contributed by atoms with Crippen molar-refractivity contribution in [2.45, 2.75) is 77.5 Å². The number of fused-ring (bicyclic) bond motifs is 4. The molecule has 8 rings (SSSR count). The largest absolute Gasteiger partial charge is 0.481 e. The second kappa shape index (κ2) is 15.0. The fourth-order valence-electron chi connectivity index (χ4n) is 9.84. The Kier molecular flexibility index (Phi) is 10.2. The summed E-state index contributed by atoms with van der Waals surface area (Å²) in [5.74, 6) is -1.00. The minimum atomic E-state index is -0.637. The van der Waals surface area contributed by atoms with Gasteiger partial charge in [-0.2, -0.15) is 5.26 Å². The van der Waals surface area contributed by atoms with E-state index in [1.54, 1.807) is 47.9 Å². The fraction of sp³-hybridized carbons (Fsp3) is 0.476. The number of carbonyl (C=O) groups is 3. The Hall–Kier alpha value is -5.07. The summed E-state index contributed by atoms with van der Waals surface area (Å²) >= 11 is 6.97. The molecular weight excluding hydrogens is 746 g/mol. The number of hydrogen-bond donors (Lipinski definition) is 4. The van der Waals surface area contributed by atoms with Gasteiger partial charge in [-0.25, -0.2) is 9.97 Å². The topological polar surface area (TPSA) is 182 Å². The van der Waals surface area contributed by atoms with E-state index in [1.807, 2.05) is 18.7 Å². The average molecular weight is 794 g/mol. The van der Waals surface area contributed by atoms with Gasteiger partial charge in [0.05, 0.1) is 44.9 Å². The summed E-state index contributed by atoms with van der Waals surface area (Å²) in [7, 11) is 3.66. The number of nitrogens with one attached hydrogen (secondary N) is 2. The van der Waals surface area contributed by atoms with Gasteiger partial charge in [0.25, 0.3) is 11.8 Å². The molecule has 0 unspecified atom stereocenters. The molecule has 2 aromatic heterocycles. The van der Waals surface area contributed by atoms with Crippen molar-refractivity contribution < 1.29 is 24.6 Å². The van der Waals surface area contributed by atoms with Crippen LogP contribution in [0.1, 0.15) is 95.0 Å². The Balaban J connectivity index is 0.955. The number of aliphatic hydroxyl groups excluding tert-OH is 1. The number of nitriles is 1. The van der Waals surface area contributed by atoms with Gasteiger partial charge >= 0.3 is 5.97 Å². The molecule has 15 heteroatoms. The SMILES string of the molecule is C[C@@H](O)CN1CCc2c(nc(C(=O)Nc3cccc(-c4cccc(NC(=O)c5nc6c(n5C)CCN(CCC57CCC(C(=O)O)(CC5)C7)C6)c4Cl)c3C#N)n2C)C1. The monoisotopic (exact) mass is 793 g/mol. The van der Waals surface area contributed by atoms with E-state index in [0.717, 1.165) is 87.4 Å². The minimum absolute atomic E-state index is 0.119. The van der Waals surface area contributed by atoms with Gasteiger partial charge in [-0.1, -0.05) is 35.9 Å². The maximum Gasteiger partial charge on any atom is 0.309 e. The van der Waals surface area contributed by atoms with E-state index in [2.05, 4.69) is 31.5 Å².